The molecule has 0 bridgehead atoms. The number of carbonyl (C=O) groups is 2. The van der Waals surface area contributed by atoms with Gasteiger partial charge in [0.1, 0.15) is 11.5 Å². The lowest BCUT2D eigenvalue weighted by atomic mass is 9.83. The number of halogens is 3. The van der Waals surface area contributed by atoms with Crippen molar-refractivity contribution in [1.82, 2.24) is 15.1 Å². The van der Waals surface area contributed by atoms with E-state index in [0.717, 1.165) is 43.6 Å². The Morgan fingerprint density at radius 1 is 0.571 bits per heavy atom. The Morgan fingerprint density at radius 2 is 0.984 bits per heavy atom. The standard InChI is InChI=1S/C26H34N2O2.C18H28N2.C8H7ClO2.2ClH/c1-30-24-13-11-22(12-14-24)26(29)27-25-10-6-5-9-23(25)19-28-17-15-21(16-18-28)20-7-3-2-4-8-20;19-18-9-5-4-8-17(18)14-20-12-10-16(11-13-20)15-6-2-1-3-7-15;1-11-7-4-2-6(3-5-7)8(9)10;;/h2-4,7-8,11-14,21,23,25H,5-6,9-10,15-19H2,1H3,(H,27,29);1-3,6-7,16-18H,4-5,8-14,19H2;2-5H,1H3;2*1H/t23-,25+;17-,18+;;;/m00.../s1. The Morgan fingerprint density at radius 3 is 1.43 bits per heavy atom. The van der Waals surface area contributed by atoms with Gasteiger partial charge in [-0.05, 0) is 172 Å². The summed E-state index contributed by atoms with van der Waals surface area (Å²) in [6.07, 6.45) is 15.2. The Bertz CT molecular complexity index is 1870. The van der Waals surface area contributed by atoms with E-state index in [9.17, 15) is 9.59 Å². The molecule has 1 amide bonds. The van der Waals surface area contributed by atoms with E-state index >= 15 is 0 Å². The predicted octanol–water partition coefficient (Wildman–Crippen LogP) is 11.2. The van der Waals surface area contributed by atoms with Gasteiger partial charge in [-0.1, -0.05) is 86.3 Å². The lowest BCUT2D eigenvalue weighted by molar-refractivity contribution is 0.0873. The Kier molecular flexibility index (Phi) is 22.8. The first-order valence-corrected chi connectivity index (χ1v) is 23.3. The second-order valence-corrected chi connectivity index (χ2v) is 17.9. The van der Waals surface area contributed by atoms with Crippen molar-refractivity contribution in [2.24, 2.45) is 17.6 Å². The summed E-state index contributed by atoms with van der Waals surface area (Å²) in [5, 5.41) is 2.89. The number of hydrogen-bond donors (Lipinski definition) is 2. The highest BCUT2D eigenvalue weighted by Gasteiger charge is 2.31. The average molecular weight is 923 g/mol. The second-order valence-electron chi connectivity index (χ2n) is 17.5. The summed E-state index contributed by atoms with van der Waals surface area (Å²) in [6, 6.07) is 36.7. The number of methoxy groups -OCH3 is 2. The van der Waals surface area contributed by atoms with Crippen molar-refractivity contribution in [1.29, 1.82) is 0 Å². The Hall–Kier alpha value is -3.63. The monoisotopic (exact) mass is 920 g/mol. The van der Waals surface area contributed by atoms with E-state index in [1.165, 1.54) is 101 Å². The van der Waals surface area contributed by atoms with Crippen molar-refractivity contribution in [2.45, 2.75) is 101 Å². The smallest absolute Gasteiger partial charge is 0.252 e. The molecule has 4 aromatic rings. The predicted molar refractivity (Wildman–Crippen MR) is 264 cm³/mol. The first-order valence-electron chi connectivity index (χ1n) is 22.9. The number of hydrogen-bond acceptors (Lipinski definition) is 7. The molecule has 0 radical (unpaired) electrons. The van der Waals surface area contributed by atoms with E-state index in [-0.39, 0.29) is 36.8 Å². The molecule has 3 N–H and O–H groups in total. The number of rotatable bonds is 11. The maximum Gasteiger partial charge on any atom is 0.252 e. The van der Waals surface area contributed by atoms with Crippen LogP contribution >= 0.6 is 36.4 Å². The molecule has 344 valence electrons. The number of likely N-dealkylation sites (tertiary alicyclic amines) is 2. The minimum absolute atomic E-state index is 0. The van der Waals surface area contributed by atoms with Crippen molar-refractivity contribution < 1.29 is 19.1 Å². The van der Waals surface area contributed by atoms with Gasteiger partial charge < -0.3 is 30.3 Å². The molecule has 2 aliphatic carbocycles. The number of carbonyl (C=O) groups excluding carboxylic acids is 2. The van der Waals surface area contributed by atoms with Crippen LogP contribution in [0.4, 0.5) is 0 Å². The van der Waals surface area contributed by atoms with Crippen LogP contribution < -0.4 is 20.5 Å². The molecule has 0 aromatic heterocycles. The highest BCUT2D eigenvalue weighted by atomic mass is 35.5. The van der Waals surface area contributed by atoms with Crippen molar-refractivity contribution in [3.63, 3.8) is 0 Å². The van der Waals surface area contributed by atoms with Crippen molar-refractivity contribution in [3.05, 3.63) is 131 Å². The normalized spacial score (nSPS) is 22.0. The Balaban J connectivity index is 0.000000227. The maximum absolute atomic E-state index is 12.8. The maximum atomic E-state index is 12.8. The van der Waals surface area contributed by atoms with E-state index in [1.54, 1.807) is 38.5 Å². The zero-order valence-corrected chi connectivity index (χ0v) is 39.8. The fraction of sp³-hybridized carbons (Fsp3) is 0.500. The van der Waals surface area contributed by atoms with Gasteiger partial charge in [0.25, 0.3) is 11.1 Å². The van der Waals surface area contributed by atoms with Crippen LogP contribution in [0.2, 0.25) is 0 Å². The molecule has 4 aromatic carbocycles. The van der Waals surface area contributed by atoms with Crippen LogP contribution in [0.5, 0.6) is 11.5 Å². The van der Waals surface area contributed by atoms with Crippen molar-refractivity contribution in [2.75, 3.05) is 53.5 Å². The number of nitrogens with one attached hydrogen (secondary N) is 1. The number of nitrogens with two attached hydrogens (primary N) is 1. The van der Waals surface area contributed by atoms with Crippen LogP contribution in [0.1, 0.15) is 121 Å². The molecule has 11 heteroatoms. The van der Waals surface area contributed by atoms with Gasteiger partial charge in [0, 0.05) is 36.3 Å². The number of piperidine rings is 2. The molecule has 0 spiro atoms. The van der Waals surface area contributed by atoms with E-state index < -0.39 is 5.24 Å². The van der Waals surface area contributed by atoms with Crippen LogP contribution in [-0.4, -0.2) is 86.5 Å². The molecule has 0 unspecified atom stereocenters. The zero-order chi connectivity index (χ0) is 42.8. The van der Waals surface area contributed by atoms with Crippen LogP contribution in [-0.2, 0) is 0 Å². The van der Waals surface area contributed by atoms with Gasteiger partial charge in [0.2, 0.25) is 0 Å². The molecule has 4 aliphatic rings. The third kappa shape index (κ3) is 16.4. The molecule has 8 nitrogen and oxygen atoms in total. The highest BCUT2D eigenvalue weighted by molar-refractivity contribution is 6.67. The fourth-order valence-electron chi connectivity index (χ4n) is 9.81. The third-order valence-corrected chi connectivity index (χ3v) is 13.8. The van der Waals surface area contributed by atoms with E-state index in [0.29, 0.717) is 34.8 Å². The number of benzene rings is 4. The molecule has 2 heterocycles. The van der Waals surface area contributed by atoms with Gasteiger partial charge in [-0.15, -0.1) is 24.8 Å². The molecule has 8 rings (SSSR count). The first kappa shape index (κ1) is 52.0. The molecular formula is C52H71Cl3N4O4. The molecule has 2 saturated heterocycles. The zero-order valence-electron chi connectivity index (χ0n) is 37.4. The molecule has 2 saturated carbocycles. The Labute approximate surface area is 394 Å². The second kappa shape index (κ2) is 27.6. The van der Waals surface area contributed by atoms with Gasteiger partial charge in [-0.25, -0.2) is 0 Å². The molecule has 63 heavy (non-hydrogen) atoms. The summed E-state index contributed by atoms with van der Waals surface area (Å²) in [6.45, 7) is 7.17. The summed E-state index contributed by atoms with van der Waals surface area (Å²) in [4.78, 5) is 28.6. The number of nitrogens with zero attached hydrogens (tertiary/aromatic N) is 2. The van der Waals surface area contributed by atoms with Crippen LogP contribution in [0.3, 0.4) is 0 Å². The van der Waals surface area contributed by atoms with Gasteiger partial charge in [-0.2, -0.15) is 0 Å². The first-order chi connectivity index (χ1) is 29.8. The van der Waals surface area contributed by atoms with Gasteiger partial charge in [0.15, 0.2) is 0 Å². The molecule has 4 fully saturated rings. The average Bonchev–Trinajstić information content (AvgIpc) is 3.32. The summed E-state index contributed by atoms with van der Waals surface area (Å²) in [7, 11) is 3.21. The number of ether oxygens (including phenoxy) is 2. The van der Waals surface area contributed by atoms with E-state index in [2.05, 4.69) is 75.8 Å². The highest BCUT2D eigenvalue weighted by Crippen LogP contribution is 2.32. The van der Waals surface area contributed by atoms with Crippen LogP contribution in [0.15, 0.2) is 109 Å². The third-order valence-electron chi connectivity index (χ3n) is 13.6. The van der Waals surface area contributed by atoms with Crippen LogP contribution in [0.25, 0.3) is 0 Å². The quantitative estimate of drug-likeness (QED) is 0.145. The summed E-state index contributed by atoms with van der Waals surface area (Å²) in [5.41, 5.74) is 10.5. The molecular weight excluding hydrogens is 851 g/mol. The van der Waals surface area contributed by atoms with Gasteiger partial charge in [-0.3, -0.25) is 9.59 Å². The molecule has 2 aliphatic heterocycles. The van der Waals surface area contributed by atoms with Gasteiger partial charge >= 0.3 is 0 Å². The van der Waals surface area contributed by atoms with Gasteiger partial charge in [0.05, 0.1) is 14.2 Å². The summed E-state index contributed by atoms with van der Waals surface area (Å²) >= 11 is 5.22. The SMILES string of the molecule is COc1ccc(C(=O)Cl)cc1.COc1ccc(C(=O)N[C@@H]2CCCC[C@H]2CN2CCC(c3ccccc3)CC2)cc1.Cl.Cl.N[C@@H]1CCCC[C@H]1CN1CCC(c2ccccc2)CC1. The van der Waals surface area contributed by atoms with E-state index in [4.69, 9.17) is 26.8 Å². The largest absolute Gasteiger partial charge is 0.497 e. The van der Waals surface area contributed by atoms with Crippen molar-refractivity contribution >= 4 is 47.6 Å². The molecule has 4 atom stereocenters. The van der Waals surface area contributed by atoms with Crippen molar-refractivity contribution in [3.8, 4) is 11.5 Å². The van der Waals surface area contributed by atoms with E-state index in [1.807, 2.05) is 24.3 Å². The minimum Gasteiger partial charge on any atom is -0.497 e. The van der Waals surface area contributed by atoms with Crippen LogP contribution in [0, 0.1) is 11.8 Å². The summed E-state index contributed by atoms with van der Waals surface area (Å²) < 4.78 is 10.1. The topological polar surface area (TPSA) is 97.1 Å². The lowest BCUT2D eigenvalue weighted by Crippen LogP contribution is -2.47. The fourth-order valence-corrected chi connectivity index (χ4v) is 9.93. The minimum atomic E-state index is -0.451. The lowest BCUT2D eigenvalue weighted by Gasteiger charge is -2.39. The number of amides is 1. The summed E-state index contributed by atoms with van der Waals surface area (Å²) in [5.74, 6) is 4.29.